The zero-order chi connectivity index (χ0) is 22.7. The molecule has 1 aromatic rings. The van der Waals surface area contributed by atoms with E-state index in [4.69, 9.17) is 4.74 Å². The molecule has 1 aromatic carbocycles. The van der Waals surface area contributed by atoms with Gasteiger partial charge in [-0.05, 0) is 37.5 Å². The molecule has 1 saturated heterocycles. The van der Waals surface area contributed by atoms with Crippen LogP contribution in [0.3, 0.4) is 0 Å². The van der Waals surface area contributed by atoms with E-state index < -0.39 is 29.6 Å². The first-order chi connectivity index (χ1) is 14.7. The van der Waals surface area contributed by atoms with Crippen LogP contribution in [0.15, 0.2) is 18.2 Å². The highest BCUT2D eigenvalue weighted by molar-refractivity contribution is 5.99. The second-order valence-electron chi connectivity index (χ2n) is 7.89. The molecule has 3 amide bonds. The summed E-state index contributed by atoms with van der Waals surface area (Å²) in [6.45, 7) is 0.513. The Morgan fingerprint density at radius 3 is 2.61 bits per heavy atom. The summed E-state index contributed by atoms with van der Waals surface area (Å²) in [5.74, 6) is -3.18. The van der Waals surface area contributed by atoms with E-state index in [0.717, 1.165) is 23.5 Å². The van der Waals surface area contributed by atoms with Crippen LogP contribution in [0.1, 0.15) is 36.0 Å². The molecular formula is C21H26FN3O6. The Labute approximate surface area is 179 Å². The van der Waals surface area contributed by atoms with Gasteiger partial charge in [0, 0.05) is 27.1 Å². The summed E-state index contributed by atoms with van der Waals surface area (Å²) < 4.78 is 19.7. The van der Waals surface area contributed by atoms with Crippen molar-refractivity contribution in [2.75, 3.05) is 33.8 Å². The molecule has 10 heteroatoms. The van der Waals surface area contributed by atoms with Crippen molar-refractivity contribution in [2.45, 2.75) is 37.8 Å². The highest BCUT2D eigenvalue weighted by Gasteiger charge is 2.33. The average Bonchev–Trinajstić information content (AvgIpc) is 3.19. The van der Waals surface area contributed by atoms with Gasteiger partial charge in [0.25, 0.3) is 5.91 Å². The van der Waals surface area contributed by atoms with Crippen molar-refractivity contribution >= 4 is 23.7 Å². The maximum absolute atomic E-state index is 13.9. The molecule has 3 rings (SSSR count). The molecule has 0 saturated carbocycles. The second-order valence-corrected chi connectivity index (χ2v) is 7.89. The third-order valence-corrected chi connectivity index (χ3v) is 5.80. The number of hydrogen-bond donors (Lipinski definition) is 1. The molecule has 0 spiro atoms. The lowest BCUT2D eigenvalue weighted by Crippen LogP contribution is -2.45. The lowest BCUT2D eigenvalue weighted by Gasteiger charge is -2.27. The van der Waals surface area contributed by atoms with E-state index >= 15 is 0 Å². The number of fused-ring (bicyclic) bond motifs is 2. The van der Waals surface area contributed by atoms with Crippen LogP contribution >= 0.6 is 0 Å². The van der Waals surface area contributed by atoms with Gasteiger partial charge in [0.2, 0.25) is 11.8 Å². The largest absolute Gasteiger partial charge is 0.491 e. The molecule has 9 nitrogen and oxygen atoms in total. The number of likely N-dealkylation sites (N-methyl/N-ethyl adjacent to an activating group) is 2. The molecule has 31 heavy (non-hydrogen) atoms. The smallest absolute Gasteiger partial charge is 0.326 e. The van der Waals surface area contributed by atoms with Gasteiger partial charge in [0.1, 0.15) is 24.2 Å². The third-order valence-electron chi connectivity index (χ3n) is 5.80. The molecule has 0 radical (unpaired) electrons. The molecule has 2 aliphatic rings. The molecule has 0 aromatic heterocycles. The Morgan fingerprint density at radius 2 is 1.90 bits per heavy atom. The first-order valence-corrected chi connectivity index (χ1v) is 10.1. The number of carboxylic acids is 1. The quantitative estimate of drug-likeness (QED) is 0.705. The predicted molar refractivity (Wildman–Crippen MR) is 107 cm³/mol. The minimum absolute atomic E-state index is 0.0986. The van der Waals surface area contributed by atoms with Gasteiger partial charge in [0.15, 0.2) is 0 Å². The van der Waals surface area contributed by atoms with Gasteiger partial charge in [0.05, 0.1) is 18.2 Å². The van der Waals surface area contributed by atoms with E-state index in [0.29, 0.717) is 13.0 Å². The standard InChI is InChI=1S/C21H26FN3O6/c1-23-11-19(27)25-9-3-4-14(25)12-31-17-7-5-13(22)10-15(17)20(28)24(2)16(21(29)30)6-8-18(23)26/h5,7,10,14,16H,3-4,6,8-9,11-12H2,1-2H3,(H,29,30)/t14-,16-/m0/s1. The summed E-state index contributed by atoms with van der Waals surface area (Å²) in [5.41, 5.74) is -0.108. The summed E-state index contributed by atoms with van der Waals surface area (Å²) in [4.78, 5) is 53.9. The Hall–Kier alpha value is -3.17. The van der Waals surface area contributed by atoms with E-state index in [1.807, 2.05) is 0 Å². The maximum atomic E-state index is 13.9. The number of halogens is 1. The molecule has 1 N–H and O–H groups in total. The maximum Gasteiger partial charge on any atom is 0.326 e. The van der Waals surface area contributed by atoms with Crippen LogP contribution in [0.25, 0.3) is 0 Å². The predicted octanol–water partition coefficient (Wildman–Crippen LogP) is 0.973. The van der Waals surface area contributed by atoms with E-state index in [9.17, 15) is 28.7 Å². The number of amides is 3. The first-order valence-electron chi connectivity index (χ1n) is 10.1. The van der Waals surface area contributed by atoms with Crippen molar-refractivity contribution in [1.29, 1.82) is 0 Å². The fourth-order valence-electron chi connectivity index (χ4n) is 3.97. The van der Waals surface area contributed by atoms with Crippen molar-refractivity contribution in [2.24, 2.45) is 0 Å². The summed E-state index contributed by atoms with van der Waals surface area (Å²) in [6, 6.07) is 1.94. The van der Waals surface area contributed by atoms with Crippen LogP contribution in [-0.2, 0) is 14.4 Å². The van der Waals surface area contributed by atoms with Gasteiger partial charge in [-0.1, -0.05) is 0 Å². The number of hydrogen-bond acceptors (Lipinski definition) is 5. The third kappa shape index (κ3) is 4.95. The fraction of sp³-hybridized carbons (Fsp3) is 0.524. The zero-order valence-corrected chi connectivity index (χ0v) is 17.5. The van der Waals surface area contributed by atoms with Gasteiger partial charge in [-0.3, -0.25) is 14.4 Å². The molecule has 168 valence electrons. The normalized spacial score (nSPS) is 23.6. The summed E-state index contributed by atoms with van der Waals surface area (Å²) in [6.07, 6.45) is 1.19. The fourth-order valence-corrected chi connectivity index (χ4v) is 3.97. The van der Waals surface area contributed by atoms with Gasteiger partial charge in [-0.2, -0.15) is 0 Å². The minimum Gasteiger partial charge on any atom is -0.491 e. The Kier molecular flexibility index (Phi) is 6.77. The number of carbonyl (C=O) groups is 4. The number of benzene rings is 1. The average molecular weight is 435 g/mol. The van der Waals surface area contributed by atoms with E-state index in [1.54, 1.807) is 4.90 Å². The molecule has 2 atom stereocenters. The summed E-state index contributed by atoms with van der Waals surface area (Å²) in [7, 11) is 2.79. The number of carbonyl (C=O) groups excluding carboxylic acids is 3. The van der Waals surface area contributed by atoms with Gasteiger partial charge >= 0.3 is 5.97 Å². The zero-order valence-electron chi connectivity index (χ0n) is 17.5. The highest BCUT2D eigenvalue weighted by Crippen LogP contribution is 2.25. The summed E-state index contributed by atoms with van der Waals surface area (Å²) in [5, 5.41) is 9.60. The molecule has 2 aliphatic heterocycles. The lowest BCUT2D eigenvalue weighted by atomic mass is 10.1. The summed E-state index contributed by atoms with van der Waals surface area (Å²) >= 11 is 0. The Bertz CT molecular complexity index is 892. The van der Waals surface area contributed by atoms with E-state index in [-0.39, 0.29) is 49.3 Å². The number of nitrogens with zero attached hydrogens (tertiary/aromatic N) is 3. The van der Waals surface area contributed by atoms with E-state index in [2.05, 4.69) is 0 Å². The van der Waals surface area contributed by atoms with Crippen molar-refractivity contribution in [3.63, 3.8) is 0 Å². The number of rotatable bonds is 1. The van der Waals surface area contributed by atoms with Crippen LogP contribution in [0.4, 0.5) is 4.39 Å². The van der Waals surface area contributed by atoms with Crippen molar-refractivity contribution in [1.82, 2.24) is 14.7 Å². The van der Waals surface area contributed by atoms with Crippen LogP contribution < -0.4 is 4.74 Å². The van der Waals surface area contributed by atoms with Crippen molar-refractivity contribution in [3.8, 4) is 5.75 Å². The molecular weight excluding hydrogens is 409 g/mol. The molecule has 1 fully saturated rings. The van der Waals surface area contributed by atoms with Crippen LogP contribution in [0.5, 0.6) is 5.75 Å². The molecule has 0 unspecified atom stereocenters. The van der Waals surface area contributed by atoms with Gasteiger partial charge < -0.3 is 24.5 Å². The second kappa shape index (κ2) is 9.32. The number of carboxylic acid groups (broad SMARTS) is 1. The first kappa shape index (κ1) is 22.5. The van der Waals surface area contributed by atoms with Crippen molar-refractivity contribution < 1.29 is 33.4 Å². The van der Waals surface area contributed by atoms with Crippen LogP contribution in [0, 0.1) is 5.82 Å². The van der Waals surface area contributed by atoms with Crippen LogP contribution in [-0.4, -0.2) is 89.4 Å². The highest BCUT2D eigenvalue weighted by atomic mass is 19.1. The minimum atomic E-state index is -1.30. The molecule has 2 heterocycles. The van der Waals surface area contributed by atoms with Gasteiger partial charge in [-0.25, -0.2) is 9.18 Å². The topological polar surface area (TPSA) is 107 Å². The molecule has 0 aliphatic carbocycles. The SMILES string of the molecule is CN1CC(=O)N2CCC[C@H]2COc2ccc(F)cc2C(=O)N(C)[C@H](C(=O)O)CCC1=O. The lowest BCUT2D eigenvalue weighted by molar-refractivity contribution is -0.143. The van der Waals surface area contributed by atoms with Crippen molar-refractivity contribution in [3.05, 3.63) is 29.6 Å². The number of aliphatic carboxylic acids is 1. The Morgan fingerprint density at radius 1 is 1.16 bits per heavy atom. The van der Waals surface area contributed by atoms with Crippen LogP contribution in [0.2, 0.25) is 0 Å². The molecule has 0 bridgehead atoms. The Balaban J connectivity index is 1.97. The number of ether oxygens (including phenoxy) is 1. The monoisotopic (exact) mass is 435 g/mol. The van der Waals surface area contributed by atoms with E-state index in [1.165, 1.54) is 25.1 Å². The van der Waals surface area contributed by atoms with Gasteiger partial charge in [-0.15, -0.1) is 0 Å².